The molecule has 0 aliphatic rings. The molecule has 0 heterocycles. The number of ether oxygens (including phenoxy) is 2. The van der Waals surface area contributed by atoms with Gasteiger partial charge < -0.3 is 9.47 Å². The molecule has 124 valence electrons. The molecule has 0 radical (unpaired) electrons. The zero-order valence-corrected chi connectivity index (χ0v) is 15.3. The third-order valence-corrected chi connectivity index (χ3v) is 4.64. The molecule has 0 aromatic heterocycles. The standard InChI is InChI=1S/C17H32O4/c1-14(2,3)16(7,8)20-12(18)11-13(19)21-17(9,10)15(4,5)6/h11H2,1-10H3. The molecule has 0 atom stereocenters. The Morgan fingerprint density at radius 1 is 0.619 bits per heavy atom. The molecule has 0 unspecified atom stereocenters. The average Bonchev–Trinajstić information content (AvgIpc) is 2.10. The smallest absolute Gasteiger partial charge is 0.317 e. The first kappa shape index (κ1) is 19.9. The molecular weight excluding hydrogens is 268 g/mol. The largest absolute Gasteiger partial charge is 0.459 e. The lowest BCUT2D eigenvalue weighted by atomic mass is 9.79. The van der Waals surface area contributed by atoms with Gasteiger partial charge in [0.25, 0.3) is 0 Å². The van der Waals surface area contributed by atoms with E-state index in [-0.39, 0.29) is 17.3 Å². The molecule has 0 saturated heterocycles. The Balaban J connectivity index is 4.66. The first-order valence-corrected chi connectivity index (χ1v) is 7.43. The van der Waals surface area contributed by atoms with Crippen molar-refractivity contribution in [2.75, 3.05) is 0 Å². The topological polar surface area (TPSA) is 52.6 Å². The van der Waals surface area contributed by atoms with Crippen molar-refractivity contribution in [3.8, 4) is 0 Å². The number of carbonyl (C=O) groups excluding carboxylic acids is 2. The molecule has 0 bridgehead atoms. The monoisotopic (exact) mass is 300 g/mol. The summed E-state index contributed by atoms with van der Waals surface area (Å²) in [5.74, 6) is -1.10. The van der Waals surface area contributed by atoms with Crippen molar-refractivity contribution < 1.29 is 19.1 Å². The lowest BCUT2D eigenvalue weighted by Gasteiger charge is -2.39. The first-order valence-electron chi connectivity index (χ1n) is 7.43. The van der Waals surface area contributed by atoms with Gasteiger partial charge in [0.2, 0.25) is 0 Å². The Morgan fingerprint density at radius 3 is 1.05 bits per heavy atom. The van der Waals surface area contributed by atoms with E-state index in [1.54, 1.807) is 0 Å². The van der Waals surface area contributed by atoms with Crippen LogP contribution in [0.5, 0.6) is 0 Å². The zero-order chi connectivity index (χ0) is 17.3. The number of rotatable bonds is 4. The highest BCUT2D eigenvalue weighted by Gasteiger charge is 2.39. The minimum absolute atomic E-state index is 0.211. The summed E-state index contributed by atoms with van der Waals surface area (Å²) in [7, 11) is 0. The highest BCUT2D eigenvalue weighted by atomic mass is 16.6. The highest BCUT2D eigenvalue weighted by Crippen LogP contribution is 2.34. The van der Waals surface area contributed by atoms with Crippen molar-refractivity contribution in [2.24, 2.45) is 10.8 Å². The fourth-order valence-electron chi connectivity index (χ4n) is 1.07. The summed E-state index contributed by atoms with van der Waals surface area (Å²) in [6.07, 6.45) is -0.362. The predicted molar refractivity (Wildman–Crippen MR) is 83.9 cm³/mol. The van der Waals surface area contributed by atoms with E-state index in [1.807, 2.05) is 69.2 Å². The summed E-state index contributed by atoms with van der Waals surface area (Å²) in [4.78, 5) is 23.9. The Kier molecular flexibility index (Phi) is 5.67. The van der Waals surface area contributed by atoms with Gasteiger partial charge in [0.1, 0.15) is 17.6 Å². The number of hydrogen-bond donors (Lipinski definition) is 0. The van der Waals surface area contributed by atoms with Crippen LogP contribution in [-0.2, 0) is 19.1 Å². The zero-order valence-electron chi connectivity index (χ0n) is 15.3. The maximum atomic E-state index is 11.9. The second kappa shape index (κ2) is 5.98. The molecule has 0 aliphatic heterocycles. The van der Waals surface area contributed by atoms with Gasteiger partial charge in [0.15, 0.2) is 0 Å². The minimum Gasteiger partial charge on any atom is -0.459 e. The number of esters is 2. The number of hydrogen-bond acceptors (Lipinski definition) is 4. The summed E-state index contributed by atoms with van der Waals surface area (Å²) < 4.78 is 10.9. The fraction of sp³-hybridized carbons (Fsp3) is 0.882. The molecule has 21 heavy (non-hydrogen) atoms. The molecule has 4 nitrogen and oxygen atoms in total. The molecule has 4 heteroatoms. The Morgan fingerprint density at radius 2 is 0.857 bits per heavy atom. The third kappa shape index (κ3) is 5.68. The van der Waals surface area contributed by atoms with Gasteiger partial charge in [-0.05, 0) is 27.7 Å². The van der Waals surface area contributed by atoms with Crippen LogP contribution in [0, 0.1) is 10.8 Å². The lowest BCUT2D eigenvalue weighted by Crippen LogP contribution is -2.43. The van der Waals surface area contributed by atoms with E-state index in [1.165, 1.54) is 0 Å². The Hall–Kier alpha value is -1.06. The molecular formula is C17H32O4. The second-order valence-corrected chi connectivity index (χ2v) is 8.65. The van der Waals surface area contributed by atoms with Crippen LogP contribution in [0.3, 0.4) is 0 Å². The SMILES string of the molecule is CC(C)(C)C(C)(C)OC(=O)CC(=O)OC(C)(C)C(C)(C)C. The predicted octanol–water partition coefficient (Wildman–Crippen LogP) is 4.11. The second-order valence-electron chi connectivity index (χ2n) is 8.65. The van der Waals surface area contributed by atoms with E-state index in [4.69, 9.17) is 9.47 Å². The molecule has 0 amide bonds. The van der Waals surface area contributed by atoms with E-state index >= 15 is 0 Å². The molecule has 0 N–H and O–H groups in total. The normalized spacial score (nSPS) is 13.8. The van der Waals surface area contributed by atoms with E-state index in [0.717, 1.165) is 0 Å². The first-order chi connectivity index (χ1) is 8.99. The van der Waals surface area contributed by atoms with Crippen molar-refractivity contribution in [3.05, 3.63) is 0 Å². The molecule has 0 fully saturated rings. The third-order valence-electron chi connectivity index (χ3n) is 4.64. The summed E-state index contributed by atoms with van der Waals surface area (Å²) in [5.41, 5.74) is -1.72. The summed E-state index contributed by atoms with van der Waals surface area (Å²) in [6.45, 7) is 19.3. The minimum atomic E-state index is -0.649. The molecule has 0 aliphatic carbocycles. The van der Waals surface area contributed by atoms with Crippen LogP contribution in [0.1, 0.15) is 75.7 Å². The molecule has 0 aromatic carbocycles. The van der Waals surface area contributed by atoms with E-state index in [0.29, 0.717) is 0 Å². The van der Waals surface area contributed by atoms with Crippen LogP contribution in [0.4, 0.5) is 0 Å². The van der Waals surface area contributed by atoms with Gasteiger partial charge in [0.05, 0.1) is 0 Å². The van der Waals surface area contributed by atoms with Gasteiger partial charge in [-0.3, -0.25) is 9.59 Å². The summed E-state index contributed by atoms with van der Waals surface area (Å²) in [5, 5.41) is 0. The van der Waals surface area contributed by atoms with Crippen LogP contribution < -0.4 is 0 Å². The van der Waals surface area contributed by atoms with Crippen molar-refractivity contribution in [1.82, 2.24) is 0 Å². The highest BCUT2D eigenvalue weighted by molar-refractivity contribution is 5.91. The van der Waals surface area contributed by atoms with E-state index < -0.39 is 23.1 Å². The van der Waals surface area contributed by atoms with E-state index in [9.17, 15) is 9.59 Å². The Labute approximate surface area is 129 Å². The number of carbonyl (C=O) groups is 2. The van der Waals surface area contributed by atoms with Crippen LogP contribution in [0.2, 0.25) is 0 Å². The van der Waals surface area contributed by atoms with Crippen LogP contribution in [0.15, 0.2) is 0 Å². The van der Waals surface area contributed by atoms with Gasteiger partial charge in [-0.2, -0.15) is 0 Å². The van der Waals surface area contributed by atoms with Gasteiger partial charge in [0, 0.05) is 10.8 Å². The van der Waals surface area contributed by atoms with Crippen molar-refractivity contribution >= 4 is 11.9 Å². The quantitative estimate of drug-likeness (QED) is 0.579. The van der Waals surface area contributed by atoms with Crippen molar-refractivity contribution in [3.63, 3.8) is 0 Å². The molecule has 0 rings (SSSR count). The summed E-state index contributed by atoms with van der Waals surface area (Å²) in [6, 6.07) is 0. The fourth-order valence-corrected chi connectivity index (χ4v) is 1.07. The van der Waals surface area contributed by atoms with Gasteiger partial charge in [-0.25, -0.2) is 0 Å². The van der Waals surface area contributed by atoms with Gasteiger partial charge >= 0.3 is 11.9 Å². The van der Waals surface area contributed by atoms with Crippen LogP contribution >= 0.6 is 0 Å². The lowest BCUT2D eigenvalue weighted by molar-refractivity contribution is -0.179. The van der Waals surface area contributed by atoms with Crippen LogP contribution in [-0.4, -0.2) is 23.1 Å². The Bertz CT molecular complexity index is 354. The van der Waals surface area contributed by atoms with Crippen molar-refractivity contribution in [1.29, 1.82) is 0 Å². The maximum absolute atomic E-state index is 11.9. The molecule has 0 saturated carbocycles. The van der Waals surface area contributed by atoms with Gasteiger partial charge in [-0.1, -0.05) is 41.5 Å². The van der Waals surface area contributed by atoms with Gasteiger partial charge in [-0.15, -0.1) is 0 Å². The van der Waals surface area contributed by atoms with E-state index in [2.05, 4.69) is 0 Å². The molecule has 0 aromatic rings. The maximum Gasteiger partial charge on any atom is 0.317 e. The van der Waals surface area contributed by atoms with Crippen molar-refractivity contribution in [2.45, 2.75) is 86.9 Å². The van der Waals surface area contributed by atoms with Crippen LogP contribution in [0.25, 0.3) is 0 Å². The average molecular weight is 300 g/mol. The molecule has 0 spiro atoms. The summed E-state index contributed by atoms with van der Waals surface area (Å²) >= 11 is 0.